The third kappa shape index (κ3) is 9.35. The van der Waals surface area contributed by atoms with Crippen LogP contribution in [0.15, 0.2) is 115 Å². The van der Waals surface area contributed by atoms with E-state index in [1.807, 2.05) is 124 Å². The number of carbonyl (C=O) groups is 3. The summed E-state index contributed by atoms with van der Waals surface area (Å²) in [5.74, 6) is -1.45. The van der Waals surface area contributed by atoms with Crippen molar-refractivity contribution >= 4 is 17.9 Å². The largest absolute Gasteiger partial charge is 0.445 e. The van der Waals surface area contributed by atoms with Crippen LogP contribution in [-0.2, 0) is 40.3 Å². The van der Waals surface area contributed by atoms with Crippen LogP contribution in [0.25, 0.3) is 0 Å². The standard InChI is InChI=1S/C40H46N4O6/c1-39(2,3)35(41-38(47)50-27-31-19-11-6-12-20-31)36(45)42-43(26-30-17-9-5-10-18-30)28-40(48,25-29-15-7-4-8-16-29)37(46)44(49)34-24-23-32-21-13-14-22-33(32)34/h4-22,34-35,48-49H,23-28H2,1-3H3,(H,41,47)(H,42,45)/t34?,35-,40+/m1/s1. The van der Waals surface area contributed by atoms with Crippen LogP contribution >= 0.6 is 0 Å². The second kappa shape index (κ2) is 16.1. The number of nitrogens with zero attached hydrogens (tertiary/aromatic N) is 2. The molecule has 4 N–H and O–H groups in total. The molecule has 0 heterocycles. The van der Waals surface area contributed by atoms with Crippen LogP contribution in [0.5, 0.6) is 0 Å². The van der Waals surface area contributed by atoms with E-state index in [0.29, 0.717) is 23.5 Å². The molecule has 0 radical (unpaired) electrons. The molecule has 10 nitrogen and oxygen atoms in total. The van der Waals surface area contributed by atoms with E-state index in [1.54, 1.807) is 12.1 Å². The number of rotatable bonds is 13. The molecule has 10 heteroatoms. The Kier molecular flexibility index (Phi) is 11.7. The predicted octanol–water partition coefficient (Wildman–Crippen LogP) is 5.74. The van der Waals surface area contributed by atoms with Gasteiger partial charge in [0.2, 0.25) is 0 Å². The first-order chi connectivity index (χ1) is 23.9. The van der Waals surface area contributed by atoms with Crippen LogP contribution < -0.4 is 10.7 Å². The number of nitrogens with one attached hydrogen (secondary N) is 2. The molecule has 0 aromatic heterocycles. The minimum atomic E-state index is -2.17. The number of fused-ring (bicyclic) bond motifs is 1. The predicted molar refractivity (Wildman–Crippen MR) is 189 cm³/mol. The zero-order valence-electron chi connectivity index (χ0n) is 28.8. The van der Waals surface area contributed by atoms with Gasteiger partial charge in [-0.2, -0.15) is 0 Å². The molecular formula is C40H46N4O6. The van der Waals surface area contributed by atoms with Gasteiger partial charge < -0.3 is 15.2 Å². The number of benzene rings is 4. The Labute approximate surface area is 293 Å². The van der Waals surface area contributed by atoms with Crippen molar-refractivity contribution in [2.24, 2.45) is 5.41 Å². The SMILES string of the molecule is CC(C)(C)[C@H](NC(=O)OCc1ccccc1)C(=O)NN(Cc1ccccc1)C[C@@](O)(Cc1ccccc1)C(=O)N(O)C1CCc2ccccc21. The average Bonchev–Trinajstić information content (AvgIpc) is 3.54. The lowest BCUT2D eigenvalue weighted by Gasteiger charge is -2.38. The highest BCUT2D eigenvalue weighted by molar-refractivity contribution is 5.87. The van der Waals surface area contributed by atoms with E-state index in [0.717, 1.165) is 22.3 Å². The minimum absolute atomic E-state index is 0.0308. The van der Waals surface area contributed by atoms with Crippen LogP contribution in [-0.4, -0.2) is 56.5 Å². The highest BCUT2D eigenvalue weighted by Gasteiger charge is 2.45. The lowest BCUT2D eigenvalue weighted by Crippen LogP contribution is -2.62. The number of ether oxygens (including phenoxy) is 1. The lowest BCUT2D eigenvalue weighted by atomic mass is 9.86. The van der Waals surface area contributed by atoms with Gasteiger partial charge in [-0.3, -0.25) is 20.2 Å². The van der Waals surface area contributed by atoms with Gasteiger partial charge in [0.1, 0.15) is 12.6 Å². The number of alkyl carbamates (subject to hydrolysis) is 1. The van der Waals surface area contributed by atoms with Crippen molar-refractivity contribution in [1.29, 1.82) is 0 Å². The summed E-state index contributed by atoms with van der Waals surface area (Å²) in [6, 6.07) is 33.5. The molecule has 1 unspecified atom stereocenters. The Bertz CT molecular complexity index is 1730. The van der Waals surface area contributed by atoms with Crippen molar-refractivity contribution in [2.45, 2.75) is 70.9 Å². The molecule has 4 aromatic carbocycles. The number of hydrazine groups is 1. The van der Waals surface area contributed by atoms with Crippen LogP contribution in [0.1, 0.15) is 61.1 Å². The molecule has 1 aliphatic carbocycles. The van der Waals surface area contributed by atoms with Crippen molar-refractivity contribution in [3.05, 3.63) is 143 Å². The van der Waals surface area contributed by atoms with E-state index in [-0.39, 0.29) is 26.1 Å². The van der Waals surface area contributed by atoms with E-state index in [9.17, 15) is 24.7 Å². The van der Waals surface area contributed by atoms with Crippen LogP contribution in [0.2, 0.25) is 0 Å². The molecule has 4 aromatic rings. The number of carbonyl (C=O) groups excluding carboxylic acids is 3. The maximum absolute atomic E-state index is 14.3. The van der Waals surface area contributed by atoms with Gasteiger partial charge >= 0.3 is 6.09 Å². The highest BCUT2D eigenvalue weighted by atomic mass is 16.5. The van der Waals surface area contributed by atoms with E-state index in [2.05, 4.69) is 10.7 Å². The van der Waals surface area contributed by atoms with E-state index in [1.165, 1.54) is 5.01 Å². The summed E-state index contributed by atoms with van der Waals surface area (Å²) in [6.07, 6.45) is 0.300. The fourth-order valence-electron chi connectivity index (χ4n) is 6.31. The molecule has 5 rings (SSSR count). The topological polar surface area (TPSA) is 131 Å². The molecule has 0 aliphatic heterocycles. The van der Waals surface area contributed by atoms with Gasteiger partial charge in [-0.15, -0.1) is 0 Å². The molecule has 3 atom stereocenters. The van der Waals surface area contributed by atoms with Gasteiger partial charge in [0.25, 0.3) is 11.8 Å². The van der Waals surface area contributed by atoms with Crippen molar-refractivity contribution in [3.63, 3.8) is 0 Å². The van der Waals surface area contributed by atoms with Crippen molar-refractivity contribution < 1.29 is 29.4 Å². The fourth-order valence-corrected chi connectivity index (χ4v) is 6.31. The molecule has 262 valence electrons. The van der Waals surface area contributed by atoms with Crippen molar-refractivity contribution in [1.82, 2.24) is 20.8 Å². The Morgan fingerprint density at radius 3 is 2.00 bits per heavy atom. The monoisotopic (exact) mass is 678 g/mol. The number of aryl methyl sites for hydroxylation is 1. The second-order valence-electron chi connectivity index (χ2n) is 13.9. The molecule has 0 bridgehead atoms. The molecule has 0 saturated heterocycles. The highest BCUT2D eigenvalue weighted by Crippen LogP contribution is 2.36. The normalized spacial score (nSPS) is 15.8. The van der Waals surface area contributed by atoms with E-state index < -0.39 is 41.0 Å². The Balaban J connectivity index is 1.41. The van der Waals surface area contributed by atoms with Crippen LogP contribution in [0.3, 0.4) is 0 Å². The summed E-state index contributed by atoms with van der Waals surface area (Å²) >= 11 is 0. The Morgan fingerprint density at radius 1 is 0.820 bits per heavy atom. The molecule has 3 amide bonds. The summed E-state index contributed by atoms with van der Waals surface area (Å²) < 4.78 is 5.42. The number of hydrogen-bond acceptors (Lipinski definition) is 7. The average molecular weight is 679 g/mol. The van der Waals surface area contributed by atoms with Crippen molar-refractivity contribution in [3.8, 4) is 0 Å². The number of hydrogen-bond donors (Lipinski definition) is 4. The minimum Gasteiger partial charge on any atom is -0.445 e. The first kappa shape index (κ1) is 36.3. The smallest absolute Gasteiger partial charge is 0.408 e. The van der Waals surface area contributed by atoms with E-state index >= 15 is 0 Å². The van der Waals surface area contributed by atoms with E-state index in [4.69, 9.17) is 4.74 Å². The van der Waals surface area contributed by atoms with Gasteiger partial charge in [-0.25, -0.2) is 14.9 Å². The van der Waals surface area contributed by atoms with Gasteiger partial charge in [0.15, 0.2) is 5.60 Å². The first-order valence-corrected chi connectivity index (χ1v) is 16.9. The maximum atomic E-state index is 14.3. The number of aliphatic hydroxyl groups is 1. The maximum Gasteiger partial charge on any atom is 0.408 e. The van der Waals surface area contributed by atoms with Crippen LogP contribution in [0.4, 0.5) is 4.79 Å². The van der Waals surface area contributed by atoms with Crippen LogP contribution in [0, 0.1) is 5.41 Å². The summed E-state index contributed by atoms with van der Waals surface area (Å²) in [6.45, 7) is 5.22. The zero-order chi connectivity index (χ0) is 35.7. The Hall–Kier alpha value is -5.03. The fraction of sp³-hybridized carbons (Fsp3) is 0.325. The second-order valence-corrected chi connectivity index (χ2v) is 13.9. The zero-order valence-corrected chi connectivity index (χ0v) is 28.8. The molecule has 50 heavy (non-hydrogen) atoms. The summed E-state index contributed by atoms with van der Waals surface area (Å²) in [5.41, 5.74) is 4.11. The summed E-state index contributed by atoms with van der Waals surface area (Å²) in [7, 11) is 0. The lowest BCUT2D eigenvalue weighted by molar-refractivity contribution is -0.199. The first-order valence-electron chi connectivity index (χ1n) is 16.9. The van der Waals surface area contributed by atoms with Gasteiger partial charge in [-0.1, -0.05) is 136 Å². The Morgan fingerprint density at radius 2 is 1.38 bits per heavy atom. The summed E-state index contributed by atoms with van der Waals surface area (Å²) in [5, 5.41) is 28.6. The molecule has 0 fully saturated rings. The molecular weight excluding hydrogens is 632 g/mol. The van der Waals surface area contributed by atoms with Gasteiger partial charge in [-0.05, 0) is 46.1 Å². The molecule has 1 aliphatic rings. The third-order valence-corrected chi connectivity index (χ3v) is 8.88. The third-order valence-electron chi connectivity index (χ3n) is 8.88. The summed E-state index contributed by atoms with van der Waals surface area (Å²) in [4.78, 5) is 41.2. The quantitative estimate of drug-likeness (QED) is 0.105. The molecule has 0 spiro atoms. The number of hydroxylamine groups is 2. The van der Waals surface area contributed by atoms with Crippen molar-refractivity contribution in [2.75, 3.05) is 6.54 Å². The number of amides is 3. The van der Waals surface area contributed by atoms with Gasteiger partial charge in [0.05, 0.1) is 12.6 Å². The van der Waals surface area contributed by atoms with Gasteiger partial charge in [0, 0.05) is 13.0 Å². The molecule has 0 saturated carbocycles.